The zero-order chi connectivity index (χ0) is 13.3. The third-order valence-corrected chi connectivity index (χ3v) is 4.68. The minimum absolute atomic E-state index is 0.0133. The molecule has 1 unspecified atom stereocenters. The second kappa shape index (κ2) is 5.22. The van der Waals surface area contributed by atoms with Gasteiger partial charge in [0.05, 0.1) is 12.7 Å². The van der Waals surface area contributed by atoms with Crippen molar-refractivity contribution in [3.05, 3.63) is 35.6 Å². The molecule has 3 rings (SSSR count). The normalized spacial score (nSPS) is 35.5. The van der Waals surface area contributed by atoms with E-state index in [1.165, 1.54) is 31.7 Å². The first-order valence-corrected chi connectivity index (χ1v) is 7.29. The molecule has 1 heterocycles. The van der Waals surface area contributed by atoms with E-state index in [1.54, 1.807) is 12.1 Å². The van der Waals surface area contributed by atoms with Gasteiger partial charge < -0.3 is 10.1 Å². The third kappa shape index (κ3) is 2.82. The van der Waals surface area contributed by atoms with Gasteiger partial charge in [0.15, 0.2) is 0 Å². The van der Waals surface area contributed by atoms with Crippen LogP contribution < -0.4 is 5.32 Å². The molecule has 0 radical (unpaired) electrons. The van der Waals surface area contributed by atoms with Gasteiger partial charge in [0.2, 0.25) is 0 Å². The van der Waals surface area contributed by atoms with Gasteiger partial charge in [0.25, 0.3) is 0 Å². The van der Waals surface area contributed by atoms with Gasteiger partial charge in [-0.15, -0.1) is 0 Å². The van der Waals surface area contributed by atoms with Crippen LogP contribution in [0.15, 0.2) is 24.3 Å². The summed E-state index contributed by atoms with van der Waals surface area (Å²) >= 11 is 0. The Bertz CT molecular complexity index is 430. The molecule has 2 nitrogen and oxygen atoms in total. The number of hydrogen-bond acceptors (Lipinski definition) is 2. The Kier molecular flexibility index (Phi) is 3.59. The molecule has 1 aliphatic heterocycles. The molecule has 0 amide bonds. The van der Waals surface area contributed by atoms with Crippen molar-refractivity contribution in [2.75, 3.05) is 13.2 Å². The number of ether oxygens (including phenoxy) is 1. The molecule has 0 aromatic heterocycles. The first kappa shape index (κ1) is 13.1. The predicted octanol–water partition coefficient (Wildman–Crippen LogP) is 3.44. The highest BCUT2D eigenvalue weighted by molar-refractivity contribution is 5.20. The fourth-order valence-corrected chi connectivity index (χ4v) is 3.24. The van der Waals surface area contributed by atoms with Gasteiger partial charge in [0, 0.05) is 12.1 Å². The molecule has 0 bridgehead atoms. The molecule has 1 aliphatic carbocycles. The van der Waals surface area contributed by atoms with E-state index in [1.807, 2.05) is 6.07 Å². The highest BCUT2D eigenvalue weighted by Gasteiger charge is 2.38. The molecule has 1 atom stereocenters. The van der Waals surface area contributed by atoms with Crippen molar-refractivity contribution in [2.45, 2.75) is 44.2 Å². The van der Waals surface area contributed by atoms with Crippen LogP contribution in [0.4, 0.5) is 4.39 Å². The number of hydrogen-bond donors (Lipinski definition) is 1. The van der Waals surface area contributed by atoms with Crippen LogP contribution in [0, 0.1) is 11.7 Å². The van der Waals surface area contributed by atoms with Gasteiger partial charge in [-0.2, -0.15) is 0 Å². The van der Waals surface area contributed by atoms with E-state index in [0.717, 1.165) is 24.6 Å². The predicted molar refractivity (Wildman–Crippen MR) is 73.5 cm³/mol. The van der Waals surface area contributed by atoms with Crippen molar-refractivity contribution in [1.29, 1.82) is 0 Å². The summed E-state index contributed by atoms with van der Waals surface area (Å²) in [5.74, 6) is 0.654. The van der Waals surface area contributed by atoms with E-state index in [4.69, 9.17) is 4.74 Å². The second-order valence-electron chi connectivity index (χ2n) is 6.20. The summed E-state index contributed by atoms with van der Waals surface area (Å²) in [7, 11) is 0. The maximum absolute atomic E-state index is 13.2. The monoisotopic (exact) mass is 263 g/mol. The van der Waals surface area contributed by atoms with E-state index in [2.05, 4.69) is 12.2 Å². The second-order valence-corrected chi connectivity index (χ2v) is 6.20. The maximum Gasteiger partial charge on any atom is 0.123 e. The number of benzene rings is 1. The molecule has 3 heteroatoms. The molecular weight excluding hydrogens is 241 g/mol. The summed E-state index contributed by atoms with van der Waals surface area (Å²) in [5, 5.41) is 3.68. The van der Waals surface area contributed by atoms with Crippen LogP contribution >= 0.6 is 0 Å². The highest BCUT2D eigenvalue weighted by atomic mass is 19.1. The molecular formula is C16H22FNO. The molecule has 1 N–H and O–H groups in total. The Morgan fingerprint density at radius 1 is 1.32 bits per heavy atom. The van der Waals surface area contributed by atoms with Crippen LogP contribution in [0.25, 0.3) is 0 Å². The summed E-state index contributed by atoms with van der Waals surface area (Å²) < 4.78 is 19.3. The van der Waals surface area contributed by atoms with Gasteiger partial charge in [-0.05, 0) is 49.3 Å². The van der Waals surface area contributed by atoms with Crippen LogP contribution in [0.3, 0.4) is 0 Å². The molecule has 19 heavy (non-hydrogen) atoms. The Morgan fingerprint density at radius 3 is 2.74 bits per heavy atom. The lowest BCUT2D eigenvalue weighted by Gasteiger charge is -2.45. The summed E-state index contributed by atoms with van der Waals surface area (Å²) in [6.07, 6.45) is 4.94. The molecule has 2 aliphatic rings. The number of rotatable bonds is 1. The van der Waals surface area contributed by atoms with E-state index >= 15 is 0 Å². The van der Waals surface area contributed by atoms with Gasteiger partial charge in [0.1, 0.15) is 5.82 Å². The lowest BCUT2D eigenvalue weighted by atomic mass is 9.77. The smallest absolute Gasteiger partial charge is 0.123 e. The number of nitrogens with one attached hydrogen (secondary N) is 1. The first-order valence-electron chi connectivity index (χ1n) is 7.29. The average molecular weight is 263 g/mol. The SMILES string of the molecule is CC1CCC2(CC1)COC(c1cccc(F)c1)CN2. The van der Waals surface area contributed by atoms with Crippen molar-refractivity contribution in [3.63, 3.8) is 0 Å². The van der Waals surface area contributed by atoms with Crippen LogP contribution in [0.2, 0.25) is 0 Å². The quantitative estimate of drug-likeness (QED) is 0.838. The minimum Gasteiger partial charge on any atom is -0.370 e. The largest absolute Gasteiger partial charge is 0.370 e. The van der Waals surface area contributed by atoms with Crippen molar-refractivity contribution in [2.24, 2.45) is 5.92 Å². The van der Waals surface area contributed by atoms with Crippen molar-refractivity contribution in [3.8, 4) is 0 Å². The van der Waals surface area contributed by atoms with Gasteiger partial charge in [-0.25, -0.2) is 4.39 Å². The van der Waals surface area contributed by atoms with E-state index in [0.29, 0.717) is 0 Å². The highest BCUT2D eigenvalue weighted by Crippen LogP contribution is 2.36. The Balaban J connectivity index is 1.63. The number of morpholine rings is 1. The van der Waals surface area contributed by atoms with Crippen LogP contribution in [0.5, 0.6) is 0 Å². The van der Waals surface area contributed by atoms with Gasteiger partial charge in [-0.1, -0.05) is 19.1 Å². The molecule has 1 saturated heterocycles. The molecule has 1 saturated carbocycles. The van der Waals surface area contributed by atoms with Gasteiger partial charge in [-0.3, -0.25) is 0 Å². The third-order valence-electron chi connectivity index (χ3n) is 4.68. The van der Waals surface area contributed by atoms with Crippen LogP contribution in [-0.4, -0.2) is 18.7 Å². The summed E-state index contributed by atoms with van der Waals surface area (Å²) in [6.45, 7) is 3.87. The molecule has 1 aromatic carbocycles. The van der Waals surface area contributed by atoms with Crippen molar-refractivity contribution in [1.82, 2.24) is 5.32 Å². The van der Waals surface area contributed by atoms with Crippen molar-refractivity contribution < 1.29 is 9.13 Å². The number of halogens is 1. The zero-order valence-corrected chi connectivity index (χ0v) is 11.5. The summed E-state index contributed by atoms with van der Waals surface area (Å²) in [5.41, 5.74) is 1.11. The Labute approximate surface area is 114 Å². The van der Waals surface area contributed by atoms with E-state index in [-0.39, 0.29) is 17.5 Å². The van der Waals surface area contributed by atoms with Crippen LogP contribution in [0.1, 0.15) is 44.3 Å². The van der Waals surface area contributed by atoms with Crippen LogP contribution in [-0.2, 0) is 4.74 Å². The molecule has 1 aromatic rings. The summed E-state index contributed by atoms with van der Waals surface area (Å²) in [6, 6.07) is 6.74. The Morgan fingerprint density at radius 2 is 2.11 bits per heavy atom. The molecule has 104 valence electrons. The summed E-state index contributed by atoms with van der Waals surface area (Å²) in [4.78, 5) is 0. The average Bonchev–Trinajstić information content (AvgIpc) is 2.43. The Hall–Kier alpha value is -0.930. The van der Waals surface area contributed by atoms with Gasteiger partial charge >= 0.3 is 0 Å². The zero-order valence-electron chi connectivity index (χ0n) is 11.5. The van der Waals surface area contributed by atoms with Crippen molar-refractivity contribution >= 4 is 0 Å². The van der Waals surface area contributed by atoms with E-state index < -0.39 is 0 Å². The lowest BCUT2D eigenvalue weighted by Crippen LogP contribution is -2.56. The first-order chi connectivity index (χ1) is 9.17. The standard InChI is InChI=1S/C16H22FNO/c1-12-5-7-16(8-6-12)11-19-15(10-18-16)13-3-2-4-14(17)9-13/h2-4,9,12,15,18H,5-8,10-11H2,1H3. The fraction of sp³-hybridized carbons (Fsp3) is 0.625. The molecule has 2 fully saturated rings. The molecule has 1 spiro atoms. The fourth-order valence-electron chi connectivity index (χ4n) is 3.24. The maximum atomic E-state index is 13.2. The topological polar surface area (TPSA) is 21.3 Å². The van der Waals surface area contributed by atoms with E-state index in [9.17, 15) is 4.39 Å². The lowest BCUT2D eigenvalue weighted by molar-refractivity contribution is -0.0505. The minimum atomic E-state index is -0.187.